The second kappa shape index (κ2) is 6.79. The van der Waals surface area contributed by atoms with Crippen LogP contribution in [0.4, 0.5) is 5.69 Å². The third-order valence-corrected chi connectivity index (χ3v) is 4.63. The molecule has 0 fully saturated rings. The van der Waals surface area contributed by atoms with E-state index in [1.807, 2.05) is 20.8 Å². The van der Waals surface area contributed by atoms with Crippen molar-refractivity contribution in [2.75, 3.05) is 11.3 Å². The summed E-state index contributed by atoms with van der Waals surface area (Å²) in [5, 5.41) is 0. The van der Waals surface area contributed by atoms with Gasteiger partial charge >= 0.3 is 0 Å². The third-order valence-electron chi connectivity index (χ3n) is 3.23. The van der Waals surface area contributed by atoms with Crippen LogP contribution in [0.5, 0.6) is 5.75 Å². The quantitative estimate of drug-likeness (QED) is 0.887. The molecule has 0 aliphatic heterocycles. The molecule has 2 rings (SSSR count). The number of aryl methyl sites for hydroxylation is 2. The van der Waals surface area contributed by atoms with E-state index in [-0.39, 0.29) is 4.90 Å². The smallest absolute Gasteiger partial charge is 0.265 e. The number of nitrogens with zero attached hydrogens (tertiary/aromatic N) is 1. The van der Waals surface area contributed by atoms with Crippen LogP contribution >= 0.6 is 0 Å². The highest BCUT2D eigenvalue weighted by Crippen LogP contribution is 2.29. The summed E-state index contributed by atoms with van der Waals surface area (Å²) in [6.07, 6.45) is 3.86. The molecule has 0 saturated carbocycles. The van der Waals surface area contributed by atoms with Crippen molar-refractivity contribution in [1.82, 2.24) is 4.98 Å². The van der Waals surface area contributed by atoms with Crippen molar-refractivity contribution in [3.05, 3.63) is 47.8 Å². The van der Waals surface area contributed by atoms with Gasteiger partial charge < -0.3 is 4.74 Å². The maximum absolute atomic E-state index is 12.6. The number of ether oxygens (including phenoxy) is 1. The molecule has 5 nitrogen and oxygen atoms in total. The van der Waals surface area contributed by atoms with Gasteiger partial charge in [-0.15, -0.1) is 0 Å². The minimum atomic E-state index is -3.73. The largest absolute Gasteiger partial charge is 0.492 e. The van der Waals surface area contributed by atoms with Crippen LogP contribution in [0.1, 0.15) is 24.5 Å². The fourth-order valence-corrected chi connectivity index (χ4v) is 3.19. The first-order chi connectivity index (χ1) is 10.4. The summed E-state index contributed by atoms with van der Waals surface area (Å²) in [5.74, 6) is 0.376. The zero-order valence-corrected chi connectivity index (χ0v) is 13.8. The molecule has 1 N–H and O–H groups in total. The number of sulfonamides is 1. The molecule has 0 aliphatic rings. The number of hydrogen-bond donors (Lipinski definition) is 1. The number of anilines is 1. The van der Waals surface area contributed by atoms with Crippen LogP contribution in [-0.2, 0) is 10.0 Å². The summed E-state index contributed by atoms with van der Waals surface area (Å²) in [6, 6.07) is 6.73. The minimum Gasteiger partial charge on any atom is -0.492 e. The molecule has 0 unspecified atom stereocenters. The van der Waals surface area contributed by atoms with Crippen LogP contribution in [0.25, 0.3) is 0 Å². The SMILES string of the molecule is CCCOc1cc(C)c(C)cc1S(=O)(=O)Nc1cccnc1. The van der Waals surface area contributed by atoms with Crippen LogP contribution in [0.2, 0.25) is 0 Å². The maximum atomic E-state index is 12.6. The van der Waals surface area contributed by atoms with Crippen molar-refractivity contribution in [3.63, 3.8) is 0 Å². The van der Waals surface area contributed by atoms with Crippen molar-refractivity contribution < 1.29 is 13.2 Å². The van der Waals surface area contributed by atoms with Crippen molar-refractivity contribution in [2.24, 2.45) is 0 Å². The van der Waals surface area contributed by atoms with E-state index in [4.69, 9.17) is 4.74 Å². The van der Waals surface area contributed by atoms with Crippen LogP contribution in [0.15, 0.2) is 41.6 Å². The number of nitrogens with one attached hydrogen (secondary N) is 1. The van der Waals surface area contributed by atoms with Gasteiger partial charge in [-0.05, 0) is 55.7 Å². The molecule has 0 atom stereocenters. The first kappa shape index (κ1) is 16.3. The summed E-state index contributed by atoms with van der Waals surface area (Å²) >= 11 is 0. The molecule has 0 aliphatic carbocycles. The Kier molecular flexibility index (Phi) is 5.03. The van der Waals surface area contributed by atoms with Crippen molar-refractivity contribution in [1.29, 1.82) is 0 Å². The Bertz CT molecular complexity index is 743. The number of pyridine rings is 1. The Balaban J connectivity index is 2.42. The van der Waals surface area contributed by atoms with Crippen LogP contribution < -0.4 is 9.46 Å². The second-order valence-electron chi connectivity index (χ2n) is 5.08. The molecule has 6 heteroatoms. The van der Waals surface area contributed by atoms with E-state index in [0.29, 0.717) is 18.0 Å². The van der Waals surface area contributed by atoms with Gasteiger partial charge in [-0.3, -0.25) is 9.71 Å². The van der Waals surface area contributed by atoms with Gasteiger partial charge in [0.25, 0.3) is 10.0 Å². The molecule has 0 saturated heterocycles. The van der Waals surface area contributed by atoms with Crippen molar-refractivity contribution in [2.45, 2.75) is 32.1 Å². The number of hydrogen-bond acceptors (Lipinski definition) is 4. The molecule has 0 spiro atoms. The highest BCUT2D eigenvalue weighted by molar-refractivity contribution is 7.92. The lowest BCUT2D eigenvalue weighted by molar-refractivity contribution is 0.309. The molecular formula is C16H20N2O3S. The molecule has 0 amide bonds. The predicted molar refractivity (Wildman–Crippen MR) is 86.7 cm³/mol. The van der Waals surface area contributed by atoms with Crippen LogP contribution in [-0.4, -0.2) is 20.0 Å². The molecule has 0 bridgehead atoms. The molecule has 1 aromatic heterocycles. The fraction of sp³-hybridized carbons (Fsp3) is 0.312. The van der Waals surface area contributed by atoms with Gasteiger partial charge in [0.15, 0.2) is 0 Å². The molecule has 2 aromatic rings. The summed E-state index contributed by atoms with van der Waals surface area (Å²) in [7, 11) is -3.73. The average Bonchev–Trinajstić information content (AvgIpc) is 2.48. The van der Waals surface area contributed by atoms with E-state index >= 15 is 0 Å². The topological polar surface area (TPSA) is 68.3 Å². The standard InChI is InChI=1S/C16H20N2O3S/c1-4-8-21-15-9-12(2)13(3)10-16(15)22(19,20)18-14-6-5-7-17-11-14/h5-7,9-11,18H,4,8H2,1-3H3. The van der Waals surface area contributed by atoms with E-state index in [9.17, 15) is 8.42 Å². The Labute approximate surface area is 131 Å². The first-order valence-electron chi connectivity index (χ1n) is 7.11. The zero-order valence-electron chi connectivity index (χ0n) is 13.0. The lowest BCUT2D eigenvalue weighted by Crippen LogP contribution is -2.15. The summed E-state index contributed by atoms with van der Waals surface area (Å²) in [4.78, 5) is 4.05. The molecule has 118 valence electrons. The van der Waals surface area contributed by atoms with Gasteiger partial charge in [0.05, 0.1) is 18.5 Å². The van der Waals surface area contributed by atoms with E-state index in [2.05, 4.69) is 9.71 Å². The van der Waals surface area contributed by atoms with Crippen LogP contribution in [0.3, 0.4) is 0 Å². The molecule has 1 aromatic carbocycles. The number of aromatic nitrogens is 1. The zero-order chi connectivity index (χ0) is 16.2. The normalized spacial score (nSPS) is 11.2. The Morgan fingerprint density at radius 1 is 1.23 bits per heavy atom. The molecule has 1 heterocycles. The van der Waals surface area contributed by atoms with E-state index in [1.54, 1.807) is 30.5 Å². The van der Waals surface area contributed by atoms with Crippen molar-refractivity contribution in [3.8, 4) is 5.75 Å². The average molecular weight is 320 g/mol. The number of rotatable bonds is 6. The summed E-state index contributed by atoms with van der Waals surface area (Å²) in [5.41, 5.74) is 2.31. The monoisotopic (exact) mass is 320 g/mol. The number of benzene rings is 1. The minimum absolute atomic E-state index is 0.146. The van der Waals surface area contributed by atoms with Gasteiger partial charge in [-0.2, -0.15) is 0 Å². The first-order valence-corrected chi connectivity index (χ1v) is 8.59. The highest BCUT2D eigenvalue weighted by atomic mass is 32.2. The van der Waals surface area contributed by atoms with Crippen molar-refractivity contribution >= 4 is 15.7 Å². The highest BCUT2D eigenvalue weighted by Gasteiger charge is 2.21. The Morgan fingerprint density at radius 2 is 1.95 bits per heavy atom. The van der Waals surface area contributed by atoms with E-state index in [0.717, 1.165) is 17.5 Å². The maximum Gasteiger partial charge on any atom is 0.265 e. The summed E-state index contributed by atoms with van der Waals surface area (Å²) in [6.45, 7) is 6.25. The van der Waals surface area contributed by atoms with E-state index < -0.39 is 10.0 Å². The van der Waals surface area contributed by atoms with Gasteiger partial charge in [0.1, 0.15) is 10.6 Å². The van der Waals surface area contributed by atoms with Gasteiger partial charge in [0.2, 0.25) is 0 Å². The van der Waals surface area contributed by atoms with Gasteiger partial charge in [0, 0.05) is 6.20 Å². The molecular weight excluding hydrogens is 300 g/mol. The Morgan fingerprint density at radius 3 is 2.59 bits per heavy atom. The van der Waals surface area contributed by atoms with Gasteiger partial charge in [-0.25, -0.2) is 8.42 Å². The molecule has 22 heavy (non-hydrogen) atoms. The predicted octanol–water partition coefficient (Wildman–Crippen LogP) is 3.29. The lowest BCUT2D eigenvalue weighted by atomic mass is 10.1. The van der Waals surface area contributed by atoms with Crippen LogP contribution in [0, 0.1) is 13.8 Å². The van der Waals surface area contributed by atoms with E-state index in [1.165, 1.54) is 6.20 Å². The second-order valence-corrected chi connectivity index (χ2v) is 6.73. The summed E-state index contributed by atoms with van der Waals surface area (Å²) < 4.78 is 33.4. The molecule has 0 radical (unpaired) electrons. The Hall–Kier alpha value is -2.08. The van der Waals surface area contributed by atoms with Gasteiger partial charge in [-0.1, -0.05) is 6.92 Å². The fourth-order valence-electron chi connectivity index (χ4n) is 1.93. The third kappa shape index (κ3) is 3.76. The lowest BCUT2D eigenvalue weighted by Gasteiger charge is -2.15.